The Bertz CT molecular complexity index is 289. The van der Waals surface area contributed by atoms with Crippen LogP contribution in [0.1, 0.15) is 15.9 Å². The molecule has 1 rings (SSSR count). The lowest BCUT2D eigenvalue weighted by molar-refractivity contribution is 0.0697. The Hall–Kier alpha value is -1.57. The van der Waals surface area contributed by atoms with Crippen molar-refractivity contribution in [1.82, 2.24) is 0 Å². The molecular formula is C9H8O2. The van der Waals surface area contributed by atoms with Crippen LogP contribution in [-0.2, 0) is 0 Å². The second-order valence-electron chi connectivity index (χ2n) is 2.13. The first kappa shape index (κ1) is 7.54. The quantitative estimate of drug-likeness (QED) is 0.696. The lowest BCUT2D eigenvalue weighted by Gasteiger charge is -1.94. The third-order valence-electron chi connectivity index (χ3n) is 1.37. The predicted octanol–water partition coefficient (Wildman–Crippen LogP) is 2.03. The molecule has 11 heavy (non-hydrogen) atoms. The van der Waals surface area contributed by atoms with Gasteiger partial charge in [0.05, 0.1) is 5.56 Å². The van der Waals surface area contributed by atoms with E-state index in [1.165, 1.54) is 0 Å². The maximum absolute atomic E-state index is 10.4. The van der Waals surface area contributed by atoms with E-state index in [9.17, 15) is 4.79 Å². The molecule has 56 valence electrons. The van der Waals surface area contributed by atoms with Crippen LogP contribution in [0, 0.1) is 0 Å². The zero-order valence-corrected chi connectivity index (χ0v) is 5.95. The van der Waals surface area contributed by atoms with Gasteiger partial charge in [-0.2, -0.15) is 0 Å². The van der Waals surface area contributed by atoms with E-state index < -0.39 is 5.97 Å². The zero-order valence-electron chi connectivity index (χ0n) is 5.95. The summed E-state index contributed by atoms with van der Waals surface area (Å²) in [6.07, 6.45) is 1.62. The van der Waals surface area contributed by atoms with Gasteiger partial charge in [-0.05, 0) is 17.7 Å². The molecule has 0 radical (unpaired) electrons. The molecule has 0 atom stereocenters. The van der Waals surface area contributed by atoms with Crippen LogP contribution in [0.3, 0.4) is 0 Å². The minimum atomic E-state index is -0.909. The Balaban J connectivity index is 3.10. The molecule has 1 aromatic carbocycles. The molecule has 1 aromatic rings. The summed E-state index contributed by atoms with van der Waals surface area (Å²) in [5.41, 5.74) is 1.12. The maximum Gasteiger partial charge on any atom is 0.335 e. The van der Waals surface area contributed by atoms with Crippen molar-refractivity contribution in [1.29, 1.82) is 0 Å². The van der Waals surface area contributed by atoms with E-state index in [0.717, 1.165) is 5.56 Å². The van der Waals surface area contributed by atoms with E-state index in [1.807, 2.05) is 0 Å². The second kappa shape index (κ2) is 3.01. The number of benzene rings is 1. The number of aromatic carboxylic acids is 1. The van der Waals surface area contributed by atoms with Gasteiger partial charge in [-0.25, -0.2) is 4.79 Å². The molecule has 0 bridgehead atoms. The minimum Gasteiger partial charge on any atom is -0.478 e. The van der Waals surface area contributed by atoms with Crippen molar-refractivity contribution in [2.75, 3.05) is 0 Å². The van der Waals surface area contributed by atoms with E-state index in [0.29, 0.717) is 5.56 Å². The third-order valence-corrected chi connectivity index (χ3v) is 1.37. The lowest BCUT2D eigenvalue weighted by atomic mass is 10.1. The maximum atomic E-state index is 10.4. The van der Waals surface area contributed by atoms with Gasteiger partial charge >= 0.3 is 5.97 Å². The topological polar surface area (TPSA) is 37.3 Å². The summed E-state index contributed by atoms with van der Waals surface area (Å²) in [6, 6.07) is 6.63. The molecule has 0 saturated carbocycles. The first-order valence-electron chi connectivity index (χ1n) is 3.20. The van der Waals surface area contributed by atoms with Gasteiger partial charge in [0.1, 0.15) is 0 Å². The largest absolute Gasteiger partial charge is 0.478 e. The van der Waals surface area contributed by atoms with Crippen molar-refractivity contribution in [2.45, 2.75) is 0 Å². The first-order valence-corrected chi connectivity index (χ1v) is 3.20. The molecule has 0 unspecified atom stereocenters. The van der Waals surface area contributed by atoms with Crippen molar-refractivity contribution in [2.24, 2.45) is 0 Å². The fourth-order valence-corrected chi connectivity index (χ4v) is 0.799. The van der Waals surface area contributed by atoms with E-state index in [4.69, 9.17) is 5.11 Å². The number of carboxylic acids is 1. The Morgan fingerprint density at radius 3 is 2.82 bits per heavy atom. The fraction of sp³-hybridized carbons (Fsp3) is 0. The van der Waals surface area contributed by atoms with Gasteiger partial charge in [-0.3, -0.25) is 0 Å². The molecule has 0 saturated heterocycles. The number of hydrogen-bond acceptors (Lipinski definition) is 1. The summed E-state index contributed by atoms with van der Waals surface area (Å²) < 4.78 is 0. The van der Waals surface area contributed by atoms with Crippen LogP contribution in [0.4, 0.5) is 0 Å². The van der Waals surface area contributed by atoms with Crippen molar-refractivity contribution in [3.63, 3.8) is 0 Å². The van der Waals surface area contributed by atoms with Crippen LogP contribution in [0.5, 0.6) is 0 Å². The van der Waals surface area contributed by atoms with Crippen LogP contribution in [-0.4, -0.2) is 11.1 Å². The highest BCUT2D eigenvalue weighted by atomic mass is 16.4. The summed E-state index contributed by atoms with van der Waals surface area (Å²) in [7, 11) is 0. The van der Waals surface area contributed by atoms with Gasteiger partial charge in [-0.1, -0.05) is 24.8 Å². The number of rotatable bonds is 2. The van der Waals surface area contributed by atoms with E-state index in [1.54, 1.807) is 30.3 Å². The summed E-state index contributed by atoms with van der Waals surface area (Å²) in [6.45, 7) is 3.54. The highest BCUT2D eigenvalue weighted by Gasteiger charge is 2.00. The first-order chi connectivity index (χ1) is 5.24. The van der Waals surface area contributed by atoms with Crippen molar-refractivity contribution in [3.05, 3.63) is 42.0 Å². The molecule has 0 aliphatic rings. The number of carbonyl (C=O) groups is 1. The third kappa shape index (κ3) is 1.67. The summed E-state index contributed by atoms with van der Waals surface area (Å²) in [5.74, 6) is -0.909. The smallest absolute Gasteiger partial charge is 0.335 e. The standard InChI is InChI=1S/C9H8O2/c1-2-7-4-3-5-8(6-7)9(10)11/h2-6H,1H2,(H,10,11). The fourth-order valence-electron chi connectivity index (χ4n) is 0.799. The summed E-state index contributed by atoms with van der Waals surface area (Å²) in [5, 5.41) is 8.57. The molecular weight excluding hydrogens is 140 g/mol. The average Bonchev–Trinajstić information content (AvgIpc) is 2.05. The molecule has 1 N–H and O–H groups in total. The average molecular weight is 148 g/mol. The summed E-state index contributed by atoms with van der Waals surface area (Å²) >= 11 is 0. The monoisotopic (exact) mass is 148 g/mol. The highest BCUT2D eigenvalue weighted by Crippen LogP contribution is 2.05. The van der Waals surface area contributed by atoms with Crippen LogP contribution < -0.4 is 0 Å². The predicted molar refractivity (Wildman–Crippen MR) is 43.5 cm³/mol. The summed E-state index contributed by atoms with van der Waals surface area (Å²) in [4.78, 5) is 10.4. The second-order valence-corrected chi connectivity index (χ2v) is 2.13. The van der Waals surface area contributed by atoms with Crippen LogP contribution >= 0.6 is 0 Å². The van der Waals surface area contributed by atoms with Crippen LogP contribution in [0.25, 0.3) is 6.08 Å². The molecule has 0 amide bonds. The molecule has 0 aromatic heterocycles. The van der Waals surface area contributed by atoms with E-state index in [2.05, 4.69) is 6.58 Å². The Morgan fingerprint density at radius 2 is 2.27 bits per heavy atom. The van der Waals surface area contributed by atoms with Crippen molar-refractivity contribution >= 4 is 12.0 Å². The highest BCUT2D eigenvalue weighted by molar-refractivity contribution is 5.88. The van der Waals surface area contributed by atoms with E-state index >= 15 is 0 Å². The molecule has 0 fully saturated rings. The van der Waals surface area contributed by atoms with Gasteiger partial charge in [0, 0.05) is 0 Å². The molecule has 0 aliphatic carbocycles. The van der Waals surface area contributed by atoms with Gasteiger partial charge in [0.25, 0.3) is 0 Å². The molecule has 0 spiro atoms. The van der Waals surface area contributed by atoms with Crippen molar-refractivity contribution < 1.29 is 9.90 Å². The number of carboxylic acid groups (broad SMARTS) is 1. The molecule has 0 heterocycles. The van der Waals surface area contributed by atoms with Crippen LogP contribution in [0.2, 0.25) is 0 Å². The minimum absolute atomic E-state index is 0.294. The van der Waals surface area contributed by atoms with Crippen LogP contribution in [0.15, 0.2) is 30.8 Å². The molecule has 0 aliphatic heterocycles. The SMILES string of the molecule is C=Cc1cccc(C(=O)O)c1. The Labute approximate surface area is 64.8 Å². The van der Waals surface area contributed by atoms with E-state index in [-0.39, 0.29) is 0 Å². The van der Waals surface area contributed by atoms with Crippen molar-refractivity contribution in [3.8, 4) is 0 Å². The van der Waals surface area contributed by atoms with Gasteiger partial charge in [0.2, 0.25) is 0 Å². The molecule has 2 heteroatoms. The van der Waals surface area contributed by atoms with Gasteiger partial charge in [-0.15, -0.1) is 0 Å². The Kier molecular flexibility index (Phi) is 2.06. The number of hydrogen-bond donors (Lipinski definition) is 1. The van der Waals surface area contributed by atoms with Gasteiger partial charge < -0.3 is 5.11 Å². The zero-order chi connectivity index (χ0) is 8.27. The molecule has 2 nitrogen and oxygen atoms in total. The lowest BCUT2D eigenvalue weighted by Crippen LogP contribution is -1.95. The Morgan fingerprint density at radius 1 is 1.55 bits per heavy atom. The normalized spacial score (nSPS) is 9.09. The van der Waals surface area contributed by atoms with Gasteiger partial charge in [0.15, 0.2) is 0 Å².